The first-order valence-corrected chi connectivity index (χ1v) is 11.2. The maximum atomic E-state index is 13.1. The van der Waals surface area contributed by atoms with Gasteiger partial charge in [0.1, 0.15) is 17.2 Å². The molecule has 6 atom stereocenters. The van der Waals surface area contributed by atoms with Gasteiger partial charge in [-0.15, -0.1) is 11.3 Å². The number of nitrogens with zero attached hydrogens (tertiary/aromatic N) is 1. The van der Waals surface area contributed by atoms with Gasteiger partial charge in [0.15, 0.2) is 0 Å². The average Bonchev–Trinajstić information content (AvgIpc) is 3.23. The molecule has 1 saturated heterocycles. The van der Waals surface area contributed by atoms with Crippen molar-refractivity contribution < 1.29 is 15.0 Å². The number of nitrogens with one attached hydrogen (secondary N) is 4. The summed E-state index contributed by atoms with van der Waals surface area (Å²) in [5.41, 5.74) is 0.880. The van der Waals surface area contributed by atoms with E-state index in [1.165, 1.54) is 17.8 Å². The van der Waals surface area contributed by atoms with E-state index in [4.69, 9.17) is 4.98 Å². The van der Waals surface area contributed by atoms with Gasteiger partial charge in [-0.3, -0.25) is 20.7 Å². The van der Waals surface area contributed by atoms with Gasteiger partial charge in [0.05, 0.1) is 28.6 Å². The lowest BCUT2D eigenvalue weighted by Crippen LogP contribution is -2.71. The van der Waals surface area contributed by atoms with Crippen molar-refractivity contribution >= 4 is 27.5 Å². The zero-order chi connectivity index (χ0) is 20.0. The highest BCUT2D eigenvalue weighted by Gasteiger charge is 2.43. The molecule has 1 aliphatic heterocycles. The number of rotatable bonds is 5. The van der Waals surface area contributed by atoms with Gasteiger partial charge in [0, 0.05) is 12.1 Å². The number of hydrogen-bond acceptors (Lipinski definition) is 8. The Morgan fingerprint density at radius 1 is 1.10 bits per heavy atom. The van der Waals surface area contributed by atoms with Crippen LogP contribution in [0, 0.1) is 0 Å². The summed E-state index contributed by atoms with van der Waals surface area (Å²) in [4.78, 5) is 17.8. The minimum atomic E-state index is -0.837. The molecule has 0 spiro atoms. The van der Waals surface area contributed by atoms with Crippen molar-refractivity contribution in [3.05, 3.63) is 29.3 Å². The molecule has 9 heteroatoms. The normalized spacial score (nSPS) is 35.6. The second-order valence-electron chi connectivity index (χ2n) is 8.29. The van der Waals surface area contributed by atoms with Crippen LogP contribution in [-0.2, 0) is 4.79 Å². The van der Waals surface area contributed by atoms with E-state index in [-0.39, 0.29) is 18.2 Å². The summed E-state index contributed by atoms with van der Waals surface area (Å²) in [6, 6.07) is 8.00. The van der Waals surface area contributed by atoms with Gasteiger partial charge in [0.25, 0.3) is 0 Å². The number of amides is 1. The lowest BCUT2D eigenvalue weighted by molar-refractivity contribution is -0.127. The van der Waals surface area contributed by atoms with E-state index in [2.05, 4.69) is 21.3 Å². The van der Waals surface area contributed by atoms with E-state index < -0.39 is 24.3 Å². The Bertz CT molecular complexity index is 855. The van der Waals surface area contributed by atoms with E-state index in [0.717, 1.165) is 28.1 Å². The van der Waals surface area contributed by atoms with Gasteiger partial charge in [-0.2, -0.15) is 0 Å². The van der Waals surface area contributed by atoms with Crippen LogP contribution in [-0.4, -0.2) is 57.9 Å². The maximum Gasteiger partial charge on any atom is 0.235 e. The van der Waals surface area contributed by atoms with Crippen LogP contribution < -0.4 is 21.3 Å². The number of hydrogen-bond donors (Lipinski definition) is 6. The lowest BCUT2D eigenvalue weighted by atomic mass is 9.93. The van der Waals surface area contributed by atoms with E-state index in [9.17, 15) is 15.0 Å². The molecule has 3 unspecified atom stereocenters. The summed E-state index contributed by atoms with van der Waals surface area (Å²) < 4.78 is 1.04. The van der Waals surface area contributed by atoms with Gasteiger partial charge >= 0.3 is 0 Å². The number of benzene rings is 1. The molecule has 156 valence electrons. The molecule has 1 amide bonds. The van der Waals surface area contributed by atoms with Gasteiger partial charge in [-0.1, -0.05) is 18.6 Å². The predicted molar refractivity (Wildman–Crippen MR) is 110 cm³/mol. The Morgan fingerprint density at radius 2 is 1.93 bits per heavy atom. The minimum absolute atomic E-state index is 0.0924. The topological polar surface area (TPSA) is 119 Å². The monoisotopic (exact) mass is 417 g/mol. The van der Waals surface area contributed by atoms with Gasteiger partial charge in [-0.25, -0.2) is 4.98 Å². The molecule has 3 fully saturated rings. The highest BCUT2D eigenvalue weighted by Crippen LogP contribution is 2.32. The molecular weight excluding hydrogens is 390 g/mol. The Kier molecular flexibility index (Phi) is 5.27. The van der Waals surface area contributed by atoms with Gasteiger partial charge in [-0.05, 0) is 37.8 Å². The molecule has 0 radical (unpaired) electrons. The summed E-state index contributed by atoms with van der Waals surface area (Å²) in [7, 11) is 0. The van der Waals surface area contributed by atoms with Crippen LogP contribution in [0.25, 0.3) is 10.2 Å². The first-order valence-electron chi connectivity index (χ1n) is 10.4. The van der Waals surface area contributed by atoms with Crippen LogP contribution in [0.4, 0.5) is 0 Å². The van der Waals surface area contributed by atoms with Crippen molar-refractivity contribution in [2.75, 3.05) is 0 Å². The van der Waals surface area contributed by atoms with E-state index in [1.807, 2.05) is 24.3 Å². The molecule has 5 rings (SSSR count). The maximum absolute atomic E-state index is 13.1. The van der Waals surface area contributed by atoms with Crippen LogP contribution in [0.15, 0.2) is 24.3 Å². The number of aliphatic hydroxyl groups excluding tert-OH is 2. The molecule has 2 saturated carbocycles. The summed E-state index contributed by atoms with van der Waals surface area (Å²) in [5, 5.41) is 34.3. The molecule has 0 bridgehead atoms. The number of fused-ring (bicyclic) bond motifs is 1. The minimum Gasteiger partial charge on any atom is -0.390 e. The van der Waals surface area contributed by atoms with Crippen LogP contribution in [0.1, 0.15) is 43.0 Å². The second kappa shape index (κ2) is 7.90. The molecule has 2 heterocycles. The first-order chi connectivity index (χ1) is 14.1. The van der Waals surface area contributed by atoms with Crippen LogP contribution in [0.3, 0.4) is 0 Å². The Hall–Kier alpha value is -1.62. The smallest absolute Gasteiger partial charge is 0.235 e. The molecule has 8 nitrogen and oxygen atoms in total. The number of carbonyl (C=O) groups is 1. The molecular formula is C20H27N5O3S. The molecule has 6 N–H and O–H groups in total. The summed E-state index contributed by atoms with van der Waals surface area (Å²) in [6.07, 6.45) is 2.35. The number of carbonyl (C=O) groups excluding carboxylic acids is 1. The summed E-state index contributed by atoms with van der Waals surface area (Å²) >= 11 is 1.52. The Labute approximate surface area is 173 Å². The van der Waals surface area contributed by atoms with E-state index in [1.54, 1.807) is 0 Å². The number of para-hydroxylation sites is 1. The fourth-order valence-corrected chi connectivity index (χ4v) is 5.50. The molecule has 2 aliphatic carbocycles. The third kappa shape index (κ3) is 3.78. The van der Waals surface area contributed by atoms with Crippen molar-refractivity contribution in [3.63, 3.8) is 0 Å². The van der Waals surface area contributed by atoms with Crippen LogP contribution >= 0.6 is 11.3 Å². The molecule has 2 aromatic rings. The van der Waals surface area contributed by atoms with Crippen LogP contribution in [0.2, 0.25) is 0 Å². The van der Waals surface area contributed by atoms with E-state index >= 15 is 0 Å². The second-order valence-corrected chi connectivity index (χ2v) is 9.35. The largest absolute Gasteiger partial charge is 0.390 e. The predicted octanol–water partition coefficient (Wildman–Crippen LogP) is 0.325. The third-order valence-corrected chi connectivity index (χ3v) is 7.43. The fraction of sp³-hybridized carbons (Fsp3) is 0.600. The fourth-order valence-electron chi connectivity index (χ4n) is 4.40. The molecule has 1 aromatic heterocycles. The van der Waals surface area contributed by atoms with Crippen molar-refractivity contribution in [2.24, 2.45) is 0 Å². The number of aromatic nitrogens is 1. The average molecular weight is 418 g/mol. The first kappa shape index (κ1) is 19.3. The SMILES string of the molecule is O=C1NC(NC2CCC2)NC(N[C@@H]2CC[C@@H](O)[C@H]2O)C1c1nc2ccccc2s1. The lowest BCUT2D eigenvalue weighted by Gasteiger charge is -2.41. The molecule has 3 aliphatic rings. The molecule has 1 aromatic carbocycles. The Morgan fingerprint density at radius 3 is 2.62 bits per heavy atom. The van der Waals surface area contributed by atoms with Crippen molar-refractivity contribution in [1.29, 1.82) is 0 Å². The van der Waals surface area contributed by atoms with Crippen molar-refractivity contribution in [2.45, 2.75) is 74.8 Å². The third-order valence-electron chi connectivity index (χ3n) is 6.31. The summed E-state index contributed by atoms with van der Waals surface area (Å²) in [5.74, 6) is -0.609. The quantitative estimate of drug-likeness (QED) is 0.415. The van der Waals surface area contributed by atoms with Crippen molar-refractivity contribution in [1.82, 2.24) is 26.3 Å². The zero-order valence-corrected chi connectivity index (χ0v) is 16.9. The standard InChI is InChI=1S/C20H27N5O3S/c26-13-9-8-12(16(13)27)22-17-15(19-23-11-6-1-2-7-14(11)29-19)18(28)25-20(24-17)21-10-4-3-5-10/h1-2,6-7,10,12-13,15-17,20-22,24,26-27H,3-5,8-9H2,(H,25,28)/t12-,13-,15?,16+,17?,20?/m1/s1. The highest BCUT2D eigenvalue weighted by molar-refractivity contribution is 7.18. The van der Waals surface area contributed by atoms with E-state index in [0.29, 0.717) is 18.9 Å². The molecule has 29 heavy (non-hydrogen) atoms. The van der Waals surface area contributed by atoms with Gasteiger partial charge < -0.3 is 15.5 Å². The highest BCUT2D eigenvalue weighted by atomic mass is 32.1. The van der Waals surface area contributed by atoms with Crippen LogP contribution in [0.5, 0.6) is 0 Å². The Balaban J connectivity index is 1.41. The zero-order valence-electron chi connectivity index (χ0n) is 16.0. The number of thiazole rings is 1. The van der Waals surface area contributed by atoms with Gasteiger partial charge in [0.2, 0.25) is 5.91 Å². The summed E-state index contributed by atoms with van der Waals surface area (Å²) in [6.45, 7) is 0. The van der Waals surface area contributed by atoms with Crippen molar-refractivity contribution in [3.8, 4) is 0 Å². The number of aliphatic hydroxyl groups is 2.